The van der Waals surface area contributed by atoms with Crippen molar-refractivity contribution in [2.24, 2.45) is 0 Å². The number of ketones is 1. The number of hydrogen-bond donors (Lipinski definition) is 0. The third kappa shape index (κ3) is 4.65. The molecule has 148 valence electrons. The molecule has 0 aliphatic carbocycles. The van der Waals surface area contributed by atoms with Crippen LogP contribution in [-0.2, 0) is 4.74 Å². The van der Waals surface area contributed by atoms with Crippen LogP contribution in [0.2, 0.25) is 0 Å². The van der Waals surface area contributed by atoms with Gasteiger partial charge in [0.15, 0.2) is 0 Å². The Morgan fingerprint density at radius 1 is 1.26 bits per heavy atom. The number of ether oxygens (including phenoxy) is 1. The maximum atomic E-state index is 13.6. The van der Waals surface area contributed by atoms with Crippen molar-refractivity contribution in [2.75, 3.05) is 39.3 Å². The molecule has 2 aliphatic heterocycles. The molecule has 1 unspecified atom stereocenters. The summed E-state index contributed by atoms with van der Waals surface area (Å²) < 4.78 is 5.96. The molecule has 3 rings (SSSR count). The van der Waals surface area contributed by atoms with Crippen molar-refractivity contribution in [1.82, 2.24) is 14.8 Å². The van der Waals surface area contributed by atoms with Gasteiger partial charge in [-0.15, -0.1) is 6.58 Å². The van der Waals surface area contributed by atoms with Crippen LogP contribution in [0.15, 0.2) is 36.5 Å². The van der Waals surface area contributed by atoms with E-state index >= 15 is 0 Å². The Bertz CT molecular complexity index is 665. The first-order chi connectivity index (χ1) is 12.8. The van der Waals surface area contributed by atoms with E-state index in [9.17, 15) is 4.79 Å². The second-order valence-corrected chi connectivity index (χ2v) is 8.65. The molecule has 2 saturated heterocycles. The van der Waals surface area contributed by atoms with Gasteiger partial charge in [-0.25, -0.2) is 0 Å². The first-order valence-electron chi connectivity index (χ1n) is 10.0. The van der Waals surface area contributed by atoms with Gasteiger partial charge in [0.2, 0.25) is 5.78 Å². The van der Waals surface area contributed by atoms with Crippen molar-refractivity contribution in [3.8, 4) is 0 Å². The van der Waals surface area contributed by atoms with Gasteiger partial charge < -0.3 is 9.64 Å². The molecular weight excluding hydrogens is 338 g/mol. The van der Waals surface area contributed by atoms with E-state index in [4.69, 9.17) is 4.74 Å². The summed E-state index contributed by atoms with van der Waals surface area (Å²) in [6.07, 6.45) is 4.19. The fourth-order valence-electron chi connectivity index (χ4n) is 4.43. The lowest BCUT2D eigenvalue weighted by atomic mass is 9.75. The van der Waals surface area contributed by atoms with Gasteiger partial charge in [-0.05, 0) is 45.7 Å². The average molecular weight is 372 g/mol. The zero-order valence-corrected chi connectivity index (χ0v) is 17.0. The van der Waals surface area contributed by atoms with Crippen molar-refractivity contribution in [2.45, 2.75) is 51.2 Å². The van der Waals surface area contributed by atoms with Crippen molar-refractivity contribution in [3.05, 3.63) is 42.2 Å². The fraction of sp³-hybridized carbons (Fsp3) is 0.636. The van der Waals surface area contributed by atoms with Crippen molar-refractivity contribution >= 4 is 5.78 Å². The molecule has 3 heterocycles. The third-order valence-corrected chi connectivity index (χ3v) is 5.88. The van der Waals surface area contributed by atoms with Crippen LogP contribution >= 0.6 is 0 Å². The van der Waals surface area contributed by atoms with Crippen LogP contribution in [0.5, 0.6) is 0 Å². The van der Waals surface area contributed by atoms with Crippen LogP contribution < -0.4 is 0 Å². The van der Waals surface area contributed by atoms with E-state index in [0.29, 0.717) is 18.7 Å². The summed E-state index contributed by atoms with van der Waals surface area (Å²) in [6.45, 7) is 15.7. The lowest BCUT2D eigenvalue weighted by Crippen LogP contribution is -2.65. The number of carbonyl (C=O) groups is 1. The molecule has 0 amide bonds. The maximum absolute atomic E-state index is 13.6. The zero-order valence-electron chi connectivity index (χ0n) is 17.0. The van der Waals surface area contributed by atoms with Gasteiger partial charge in [-0.3, -0.25) is 14.7 Å². The predicted molar refractivity (Wildman–Crippen MR) is 108 cm³/mol. The number of rotatable bonds is 6. The van der Waals surface area contributed by atoms with Gasteiger partial charge in [0.05, 0.1) is 11.1 Å². The number of pyridine rings is 1. The molecule has 2 fully saturated rings. The van der Waals surface area contributed by atoms with Crippen LogP contribution in [-0.4, -0.2) is 71.0 Å². The van der Waals surface area contributed by atoms with Crippen molar-refractivity contribution < 1.29 is 9.53 Å². The summed E-state index contributed by atoms with van der Waals surface area (Å²) in [5.74, 6) is 0.148. The fourth-order valence-corrected chi connectivity index (χ4v) is 4.43. The van der Waals surface area contributed by atoms with Gasteiger partial charge in [-0.2, -0.15) is 0 Å². The van der Waals surface area contributed by atoms with E-state index in [1.165, 1.54) is 5.57 Å². The highest BCUT2D eigenvalue weighted by Crippen LogP contribution is 2.39. The largest absolute Gasteiger partial charge is 0.375 e. The van der Waals surface area contributed by atoms with E-state index in [-0.39, 0.29) is 11.4 Å². The molecule has 5 nitrogen and oxygen atoms in total. The molecule has 0 spiro atoms. The van der Waals surface area contributed by atoms with Gasteiger partial charge in [-0.1, -0.05) is 11.6 Å². The monoisotopic (exact) mass is 371 g/mol. The molecule has 1 aromatic heterocycles. The average Bonchev–Trinajstić information content (AvgIpc) is 2.66. The smallest absolute Gasteiger partial charge is 0.201 e. The van der Waals surface area contributed by atoms with Crippen LogP contribution in [0.1, 0.15) is 50.5 Å². The molecule has 1 atom stereocenters. The van der Waals surface area contributed by atoms with Crippen LogP contribution in [0.3, 0.4) is 0 Å². The molecule has 27 heavy (non-hydrogen) atoms. The SMILES string of the molecule is C=C(C)CCN1CCN(C2(C(=O)c3ccccn3)CCOC(C)(C)C2)CC1. The Morgan fingerprint density at radius 2 is 2.00 bits per heavy atom. The van der Waals surface area contributed by atoms with Crippen LogP contribution in [0.25, 0.3) is 0 Å². The summed E-state index contributed by atoms with van der Waals surface area (Å²) in [4.78, 5) is 22.9. The number of hydrogen-bond acceptors (Lipinski definition) is 5. The van der Waals surface area contributed by atoms with Crippen molar-refractivity contribution in [3.63, 3.8) is 0 Å². The van der Waals surface area contributed by atoms with Crippen LogP contribution in [0, 0.1) is 0 Å². The van der Waals surface area contributed by atoms with E-state index < -0.39 is 5.54 Å². The molecule has 0 saturated carbocycles. The Morgan fingerprint density at radius 3 is 2.59 bits per heavy atom. The molecule has 2 aliphatic rings. The Labute approximate surface area is 163 Å². The maximum Gasteiger partial charge on any atom is 0.201 e. The lowest BCUT2D eigenvalue weighted by molar-refractivity contribution is -0.113. The van der Waals surface area contributed by atoms with E-state index in [2.05, 4.69) is 42.1 Å². The zero-order chi connectivity index (χ0) is 19.5. The minimum atomic E-state index is -0.517. The van der Waals surface area contributed by atoms with Gasteiger partial charge in [0.25, 0.3) is 0 Å². The van der Waals surface area contributed by atoms with Gasteiger partial charge in [0, 0.05) is 51.9 Å². The van der Waals surface area contributed by atoms with E-state index in [1.807, 2.05) is 18.2 Å². The topological polar surface area (TPSA) is 45.7 Å². The van der Waals surface area contributed by atoms with E-state index in [1.54, 1.807) is 6.20 Å². The molecule has 5 heteroatoms. The second-order valence-electron chi connectivity index (χ2n) is 8.65. The predicted octanol–water partition coefficient (Wildman–Crippen LogP) is 3.18. The normalized spacial score (nSPS) is 26.6. The number of aromatic nitrogens is 1. The number of carbonyl (C=O) groups excluding carboxylic acids is 1. The quantitative estimate of drug-likeness (QED) is 0.568. The van der Waals surface area contributed by atoms with E-state index in [0.717, 1.165) is 45.6 Å². The summed E-state index contributed by atoms with van der Waals surface area (Å²) in [5.41, 5.74) is 0.974. The summed E-state index contributed by atoms with van der Waals surface area (Å²) >= 11 is 0. The van der Waals surface area contributed by atoms with Crippen molar-refractivity contribution in [1.29, 1.82) is 0 Å². The first-order valence-corrected chi connectivity index (χ1v) is 10.0. The van der Waals surface area contributed by atoms with Gasteiger partial charge in [0.1, 0.15) is 5.69 Å². The Hall–Kier alpha value is -1.56. The summed E-state index contributed by atoms with van der Waals surface area (Å²) in [6, 6.07) is 5.60. The molecular formula is C22H33N3O2. The Kier molecular flexibility index (Phi) is 6.14. The molecule has 0 radical (unpaired) electrons. The summed E-state index contributed by atoms with van der Waals surface area (Å²) in [7, 11) is 0. The minimum Gasteiger partial charge on any atom is -0.375 e. The number of Topliss-reactive ketones (excluding diaryl/α,β-unsaturated/α-hetero) is 1. The first kappa shape index (κ1) is 20.2. The highest BCUT2D eigenvalue weighted by Gasteiger charge is 2.51. The number of piperazine rings is 1. The minimum absolute atomic E-state index is 0.148. The van der Waals surface area contributed by atoms with Crippen LogP contribution in [0.4, 0.5) is 0 Å². The number of nitrogens with zero attached hydrogens (tertiary/aromatic N) is 3. The van der Waals surface area contributed by atoms with Gasteiger partial charge >= 0.3 is 0 Å². The Balaban J connectivity index is 1.79. The molecule has 0 aromatic carbocycles. The molecule has 0 N–H and O–H groups in total. The highest BCUT2D eigenvalue weighted by molar-refractivity contribution is 6.02. The standard InChI is InChI=1S/C22H33N3O2/c1-18(2)8-11-24-12-14-25(15-13-24)22(9-16-27-21(3,4)17-22)20(26)19-7-5-6-10-23-19/h5-7,10H,1,8-9,11-17H2,2-4H3. The molecule has 1 aromatic rings. The third-order valence-electron chi connectivity index (χ3n) is 5.88. The highest BCUT2D eigenvalue weighted by atomic mass is 16.5. The summed E-state index contributed by atoms with van der Waals surface area (Å²) in [5, 5.41) is 0. The molecule has 0 bridgehead atoms. The lowest BCUT2D eigenvalue weighted by Gasteiger charge is -2.52. The second kappa shape index (κ2) is 8.21.